The molecule has 2 amide bonds. The number of aryl methyl sites for hydroxylation is 1. The minimum atomic E-state index is -4.21. The number of sulfonamides is 1. The van der Waals surface area contributed by atoms with Gasteiger partial charge in [-0.25, -0.2) is 12.8 Å². The largest absolute Gasteiger partial charge is 0.354 e. The Bertz CT molecular complexity index is 1400. The number of benzene rings is 3. The van der Waals surface area contributed by atoms with Gasteiger partial charge in [0.15, 0.2) is 0 Å². The van der Waals surface area contributed by atoms with Crippen molar-refractivity contribution in [2.45, 2.75) is 51.1 Å². The number of hydrogen-bond donors (Lipinski definition) is 1. The van der Waals surface area contributed by atoms with Crippen LogP contribution in [0.3, 0.4) is 0 Å². The van der Waals surface area contributed by atoms with E-state index in [0.29, 0.717) is 17.1 Å². The Morgan fingerprint density at radius 3 is 2.36 bits per heavy atom. The summed E-state index contributed by atoms with van der Waals surface area (Å²) in [6.07, 6.45) is 1.63. The van der Waals surface area contributed by atoms with Crippen molar-refractivity contribution in [2.75, 3.05) is 17.4 Å². The third-order valence-electron chi connectivity index (χ3n) is 6.35. The molecule has 0 radical (unpaired) electrons. The Hall–Kier alpha value is -3.43. The number of nitrogens with one attached hydrogen (secondary N) is 1. The lowest BCUT2D eigenvalue weighted by molar-refractivity contribution is -0.139. The smallest absolute Gasteiger partial charge is 0.264 e. The molecule has 0 bridgehead atoms. The van der Waals surface area contributed by atoms with Gasteiger partial charge < -0.3 is 10.2 Å². The van der Waals surface area contributed by atoms with Crippen LogP contribution in [0.15, 0.2) is 77.7 Å². The van der Waals surface area contributed by atoms with Crippen LogP contribution in [-0.2, 0) is 26.2 Å². The average molecular weight is 574 g/mol. The zero-order valence-corrected chi connectivity index (χ0v) is 23.8. The summed E-state index contributed by atoms with van der Waals surface area (Å²) in [7, 11) is -4.21. The number of carbonyl (C=O) groups excluding carboxylic acids is 2. The first-order valence-electron chi connectivity index (χ1n) is 12.7. The van der Waals surface area contributed by atoms with E-state index in [4.69, 9.17) is 11.6 Å². The Morgan fingerprint density at radius 2 is 1.69 bits per heavy atom. The van der Waals surface area contributed by atoms with E-state index in [0.717, 1.165) is 17.1 Å². The highest BCUT2D eigenvalue weighted by Gasteiger charge is 2.33. The zero-order chi connectivity index (χ0) is 28.6. The Balaban J connectivity index is 2.04. The highest BCUT2D eigenvalue weighted by atomic mass is 35.5. The summed E-state index contributed by atoms with van der Waals surface area (Å²) in [5.41, 5.74) is 1.01. The summed E-state index contributed by atoms with van der Waals surface area (Å²) in [5.74, 6) is -1.62. The van der Waals surface area contributed by atoms with Crippen molar-refractivity contribution in [3.63, 3.8) is 0 Å². The summed E-state index contributed by atoms with van der Waals surface area (Å²) in [6, 6.07) is 17.5. The third-order valence-corrected chi connectivity index (χ3v) is 8.35. The molecule has 0 saturated carbocycles. The summed E-state index contributed by atoms with van der Waals surface area (Å²) >= 11 is 6.22. The number of hydrogen-bond acceptors (Lipinski definition) is 4. The van der Waals surface area contributed by atoms with E-state index in [-0.39, 0.29) is 22.7 Å². The fourth-order valence-electron chi connectivity index (χ4n) is 4.01. The molecule has 208 valence electrons. The van der Waals surface area contributed by atoms with Gasteiger partial charge >= 0.3 is 0 Å². The zero-order valence-electron chi connectivity index (χ0n) is 22.2. The van der Waals surface area contributed by atoms with E-state index >= 15 is 0 Å². The molecule has 3 aromatic rings. The molecule has 0 aliphatic carbocycles. The van der Waals surface area contributed by atoms with Gasteiger partial charge in [-0.2, -0.15) is 0 Å². The molecule has 3 aromatic carbocycles. The van der Waals surface area contributed by atoms with E-state index in [9.17, 15) is 22.4 Å². The van der Waals surface area contributed by atoms with Gasteiger partial charge in [0.1, 0.15) is 18.4 Å². The van der Waals surface area contributed by atoms with Gasteiger partial charge in [-0.05, 0) is 56.2 Å². The monoisotopic (exact) mass is 573 g/mol. The molecule has 0 fully saturated rings. The van der Waals surface area contributed by atoms with Crippen molar-refractivity contribution < 1.29 is 22.4 Å². The van der Waals surface area contributed by atoms with Crippen molar-refractivity contribution in [1.29, 1.82) is 0 Å². The van der Waals surface area contributed by atoms with Crippen LogP contribution in [0.4, 0.5) is 10.1 Å². The van der Waals surface area contributed by atoms with Gasteiger partial charge in [-0.1, -0.05) is 67.4 Å². The van der Waals surface area contributed by atoms with Crippen LogP contribution in [-0.4, -0.2) is 44.3 Å². The maximum Gasteiger partial charge on any atom is 0.264 e. The third kappa shape index (κ3) is 7.58. The van der Waals surface area contributed by atoms with E-state index in [1.54, 1.807) is 50.2 Å². The van der Waals surface area contributed by atoms with Crippen LogP contribution >= 0.6 is 11.6 Å². The number of carbonyl (C=O) groups is 2. The van der Waals surface area contributed by atoms with Gasteiger partial charge in [0, 0.05) is 23.7 Å². The maximum atomic E-state index is 14.6. The number of unbranched alkanes of at least 4 members (excludes halogenated alkanes) is 1. The Morgan fingerprint density at radius 1 is 1.03 bits per heavy atom. The molecular formula is C29H33ClFN3O4S. The first-order chi connectivity index (χ1) is 18.6. The lowest BCUT2D eigenvalue weighted by atomic mass is 10.1. The van der Waals surface area contributed by atoms with Gasteiger partial charge in [0.05, 0.1) is 10.6 Å². The molecule has 3 rings (SSSR count). The van der Waals surface area contributed by atoms with Crippen molar-refractivity contribution in [2.24, 2.45) is 0 Å². The molecule has 1 N–H and O–H groups in total. The molecule has 1 atom stereocenters. The van der Waals surface area contributed by atoms with Crippen LogP contribution in [0.2, 0.25) is 5.02 Å². The molecule has 0 spiro atoms. The Kier molecular flexibility index (Phi) is 10.5. The van der Waals surface area contributed by atoms with Crippen LogP contribution in [0, 0.1) is 12.7 Å². The second-order valence-electron chi connectivity index (χ2n) is 9.19. The van der Waals surface area contributed by atoms with E-state index in [2.05, 4.69) is 5.32 Å². The molecule has 0 aliphatic heterocycles. The second kappa shape index (κ2) is 13.6. The molecule has 7 nitrogen and oxygen atoms in total. The topological polar surface area (TPSA) is 86.8 Å². The molecule has 10 heteroatoms. The molecule has 39 heavy (non-hydrogen) atoms. The highest BCUT2D eigenvalue weighted by Crippen LogP contribution is 2.30. The number of amides is 2. The number of nitrogens with zero attached hydrogens (tertiary/aromatic N) is 2. The van der Waals surface area contributed by atoms with Crippen molar-refractivity contribution in [3.05, 3.63) is 94.8 Å². The predicted molar refractivity (Wildman–Crippen MR) is 151 cm³/mol. The molecule has 0 saturated heterocycles. The highest BCUT2D eigenvalue weighted by molar-refractivity contribution is 7.92. The first kappa shape index (κ1) is 30.1. The summed E-state index contributed by atoms with van der Waals surface area (Å²) in [5, 5.41) is 3.10. The lowest BCUT2D eigenvalue weighted by Gasteiger charge is -2.32. The molecule has 0 aliphatic rings. The molecule has 0 heterocycles. The van der Waals surface area contributed by atoms with Gasteiger partial charge in [0.2, 0.25) is 11.8 Å². The second-order valence-corrected chi connectivity index (χ2v) is 11.5. The molecule has 0 aromatic heterocycles. The van der Waals surface area contributed by atoms with Crippen LogP contribution < -0.4 is 9.62 Å². The molecule has 1 unspecified atom stereocenters. The summed E-state index contributed by atoms with van der Waals surface area (Å²) in [6.45, 7) is 4.83. The minimum absolute atomic E-state index is 0.0109. The normalized spacial score (nSPS) is 12.0. The summed E-state index contributed by atoms with van der Waals surface area (Å²) < 4.78 is 43.2. The van der Waals surface area contributed by atoms with Gasteiger partial charge in [0.25, 0.3) is 10.0 Å². The first-order valence-corrected chi connectivity index (χ1v) is 14.5. The van der Waals surface area contributed by atoms with E-state index in [1.165, 1.54) is 41.3 Å². The fraction of sp³-hybridized carbons (Fsp3) is 0.310. The standard InChI is InChI=1S/C29H33ClFN3O4S/c1-4-5-17-32-29(36)22(3)33(19-23-11-9-10-14-26(23)31)28(35)20-34(27-18-24(30)16-15-21(27)2)39(37,38)25-12-7-6-8-13-25/h6-16,18,22H,4-5,17,19-20H2,1-3H3,(H,32,36). The van der Waals surface area contributed by atoms with Gasteiger partial charge in [-0.15, -0.1) is 0 Å². The van der Waals surface area contributed by atoms with E-state index < -0.39 is 40.2 Å². The number of rotatable bonds is 12. The van der Waals surface area contributed by atoms with E-state index in [1.807, 2.05) is 6.92 Å². The minimum Gasteiger partial charge on any atom is -0.354 e. The SMILES string of the molecule is CCCCNC(=O)C(C)N(Cc1ccccc1F)C(=O)CN(c1cc(Cl)ccc1C)S(=O)(=O)c1ccccc1. The predicted octanol–water partition coefficient (Wildman–Crippen LogP) is 5.32. The van der Waals surface area contributed by atoms with Gasteiger partial charge in [-0.3, -0.25) is 13.9 Å². The lowest BCUT2D eigenvalue weighted by Crippen LogP contribution is -2.51. The van der Waals surface area contributed by atoms with Crippen LogP contribution in [0.5, 0.6) is 0 Å². The fourth-order valence-corrected chi connectivity index (χ4v) is 5.67. The summed E-state index contributed by atoms with van der Waals surface area (Å²) in [4.78, 5) is 28.0. The molecular weight excluding hydrogens is 541 g/mol. The maximum absolute atomic E-state index is 14.6. The van der Waals surface area contributed by atoms with Crippen LogP contribution in [0.25, 0.3) is 0 Å². The Labute approximate surface area is 234 Å². The van der Waals surface area contributed by atoms with Crippen molar-refractivity contribution in [3.8, 4) is 0 Å². The van der Waals surface area contributed by atoms with Crippen LogP contribution in [0.1, 0.15) is 37.8 Å². The number of halogens is 2. The van der Waals surface area contributed by atoms with Crippen molar-refractivity contribution >= 4 is 39.1 Å². The average Bonchev–Trinajstić information content (AvgIpc) is 2.92. The quantitative estimate of drug-likeness (QED) is 0.297. The van der Waals surface area contributed by atoms with Crippen molar-refractivity contribution in [1.82, 2.24) is 10.2 Å². The number of anilines is 1.